The van der Waals surface area contributed by atoms with Gasteiger partial charge >= 0.3 is 11.9 Å². The number of ether oxygens (including phenoxy) is 3. The SMILES string of the molecule is O=C(OCC1OCC(OC(=O)c2cc(O)c(O)c(O)c2)C(O)C1O)c1cc(O)c(O)c(O)c1. The lowest BCUT2D eigenvalue weighted by Gasteiger charge is -2.36. The number of hydrogen-bond acceptors (Lipinski definition) is 13. The van der Waals surface area contributed by atoms with Crippen molar-refractivity contribution in [1.29, 1.82) is 0 Å². The first kappa shape index (κ1) is 23.7. The van der Waals surface area contributed by atoms with Crippen LogP contribution in [0.15, 0.2) is 24.3 Å². The highest BCUT2D eigenvalue weighted by Crippen LogP contribution is 2.36. The predicted molar refractivity (Wildman–Crippen MR) is 104 cm³/mol. The molecule has 0 aromatic heterocycles. The van der Waals surface area contributed by atoms with Crippen molar-refractivity contribution in [3.8, 4) is 34.5 Å². The molecule has 2 aromatic carbocycles. The number of phenolic OH excluding ortho intramolecular Hbond substituents is 6. The molecule has 1 heterocycles. The van der Waals surface area contributed by atoms with Gasteiger partial charge in [-0.05, 0) is 24.3 Å². The Morgan fingerprint density at radius 2 is 1.24 bits per heavy atom. The Kier molecular flexibility index (Phi) is 6.67. The second-order valence-corrected chi connectivity index (χ2v) is 7.12. The number of aliphatic hydroxyl groups is 2. The van der Waals surface area contributed by atoms with E-state index in [0.29, 0.717) is 0 Å². The van der Waals surface area contributed by atoms with E-state index in [2.05, 4.69) is 0 Å². The van der Waals surface area contributed by atoms with Crippen molar-refractivity contribution in [2.45, 2.75) is 24.4 Å². The van der Waals surface area contributed by atoms with Gasteiger partial charge in [-0.15, -0.1) is 0 Å². The van der Waals surface area contributed by atoms with E-state index in [0.717, 1.165) is 24.3 Å². The molecule has 1 fully saturated rings. The summed E-state index contributed by atoms with van der Waals surface area (Å²) in [5.41, 5.74) is -0.651. The Balaban J connectivity index is 1.58. The maximum atomic E-state index is 12.2. The van der Waals surface area contributed by atoms with Crippen LogP contribution in [0.4, 0.5) is 0 Å². The maximum Gasteiger partial charge on any atom is 0.338 e. The molecule has 0 aliphatic carbocycles. The molecule has 13 nitrogen and oxygen atoms in total. The maximum absolute atomic E-state index is 12.2. The molecule has 0 spiro atoms. The first-order chi connectivity index (χ1) is 15.5. The molecule has 3 rings (SSSR count). The molecule has 0 amide bonds. The summed E-state index contributed by atoms with van der Waals surface area (Å²) in [6, 6.07) is 3.34. The van der Waals surface area contributed by atoms with Crippen LogP contribution >= 0.6 is 0 Å². The van der Waals surface area contributed by atoms with Crippen LogP contribution in [-0.4, -0.2) is 90.4 Å². The van der Waals surface area contributed by atoms with Crippen LogP contribution < -0.4 is 0 Å². The fraction of sp³-hybridized carbons (Fsp3) is 0.300. The van der Waals surface area contributed by atoms with Gasteiger partial charge in [-0.2, -0.15) is 0 Å². The topological polar surface area (TPSA) is 224 Å². The number of carbonyl (C=O) groups excluding carboxylic acids is 2. The zero-order valence-electron chi connectivity index (χ0n) is 16.7. The molecule has 178 valence electrons. The summed E-state index contributed by atoms with van der Waals surface area (Å²) < 4.78 is 15.2. The van der Waals surface area contributed by atoms with Crippen molar-refractivity contribution in [3.05, 3.63) is 35.4 Å². The lowest BCUT2D eigenvalue weighted by atomic mass is 10.0. The highest BCUT2D eigenvalue weighted by molar-refractivity contribution is 5.91. The summed E-state index contributed by atoms with van der Waals surface area (Å²) >= 11 is 0. The fourth-order valence-electron chi connectivity index (χ4n) is 3.00. The lowest BCUT2D eigenvalue weighted by Crippen LogP contribution is -2.55. The first-order valence-corrected chi connectivity index (χ1v) is 9.35. The Morgan fingerprint density at radius 1 is 0.788 bits per heavy atom. The minimum absolute atomic E-state index is 0.305. The Labute approximate surface area is 184 Å². The summed E-state index contributed by atoms with van der Waals surface area (Å²) in [5, 5.41) is 77.0. The van der Waals surface area contributed by atoms with E-state index in [1.54, 1.807) is 0 Å². The minimum atomic E-state index is -1.66. The lowest BCUT2D eigenvalue weighted by molar-refractivity contribution is -0.196. The summed E-state index contributed by atoms with van der Waals surface area (Å²) in [6.45, 7) is -0.969. The highest BCUT2D eigenvalue weighted by Gasteiger charge is 2.41. The number of rotatable bonds is 5. The number of esters is 2. The minimum Gasteiger partial charge on any atom is -0.504 e. The standard InChI is InChI=1S/C20H20O13/c21-9-1-7(2-10(22)15(9)25)19(29)32-5-13-17(27)18(28)14(6-31-13)33-20(30)8-3-11(23)16(26)12(24)4-8/h1-4,13-14,17-18,21-28H,5-6H2. The molecule has 8 N–H and O–H groups in total. The van der Waals surface area contributed by atoms with E-state index in [4.69, 9.17) is 14.2 Å². The molecular weight excluding hydrogens is 448 g/mol. The van der Waals surface area contributed by atoms with Gasteiger partial charge in [-0.1, -0.05) is 0 Å². The molecule has 0 bridgehead atoms. The largest absolute Gasteiger partial charge is 0.504 e. The van der Waals surface area contributed by atoms with Gasteiger partial charge in [0.1, 0.15) is 24.9 Å². The van der Waals surface area contributed by atoms with E-state index >= 15 is 0 Å². The van der Waals surface area contributed by atoms with Crippen LogP contribution in [0, 0.1) is 0 Å². The zero-order chi connectivity index (χ0) is 24.4. The molecule has 1 aliphatic rings. The van der Waals surface area contributed by atoms with E-state index in [9.17, 15) is 50.4 Å². The number of carbonyl (C=O) groups is 2. The molecule has 4 unspecified atom stereocenters. The van der Waals surface area contributed by atoms with Crippen LogP contribution in [0.5, 0.6) is 34.5 Å². The summed E-state index contributed by atoms with van der Waals surface area (Å²) in [4.78, 5) is 24.3. The van der Waals surface area contributed by atoms with Gasteiger partial charge in [0.2, 0.25) is 0 Å². The Morgan fingerprint density at radius 3 is 1.73 bits per heavy atom. The van der Waals surface area contributed by atoms with Gasteiger partial charge in [0.25, 0.3) is 0 Å². The smallest absolute Gasteiger partial charge is 0.338 e. The van der Waals surface area contributed by atoms with Crippen molar-refractivity contribution >= 4 is 11.9 Å². The van der Waals surface area contributed by atoms with Crippen LogP contribution in [0.3, 0.4) is 0 Å². The van der Waals surface area contributed by atoms with Gasteiger partial charge in [0, 0.05) is 0 Å². The number of aliphatic hydroxyl groups excluding tert-OH is 2. The molecule has 0 radical (unpaired) electrons. The zero-order valence-corrected chi connectivity index (χ0v) is 16.7. The van der Waals surface area contributed by atoms with Crippen molar-refractivity contribution < 1.29 is 64.7 Å². The molecule has 1 saturated heterocycles. The van der Waals surface area contributed by atoms with Gasteiger partial charge in [0.05, 0.1) is 17.7 Å². The highest BCUT2D eigenvalue weighted by atomic mass is 16.6. The van der Waals surface area contributed by atoms with Gasteiger partial charge in [-0.25, -0.2) is 9.59 Å². The number of hydrogen-bond donors (Lipinski definition) is 8. The van der Waals surface area contributed by atoms with E-state index in [-0.39, 0.29) is 11.1 Å². The summed E-state index contributed by atoms with van der Waals surface area (Å²) in [6.07, 6.45) is -5.90. The van der Waals surface area contributed by atoms with Crippen LogP contribution in [0.25, 0.3) is 0 Å². The normalized spacial score (nSPS) is 22.5. The van der Waals surface area contributed by atoms with E-state index < -0.39 is 84.1 Å². The van der Waals surface area contributed by atoms with Crippen molar-refractivity contribution in [1.82, 2.24) is 0 Å². The van der Waals surface area contributed by atoms with Crippen LogP contribution in [-0.2, 0) is 14.2 Å². The van der Waals surface area contributed by atoms with Crippen molar-refractivity contribution in [2.24, 2.45) is 0 Å². The van der Waals surface area contributed by atoms with E-state index in [1.165, 1.54) is 0 Å². The third-order valence-corrected chi connectivity index (χ3v) is 4.83. The average Bonchev–Trinajstić information content (AvgIpc) is 2.77. The van der Waals surface area contributed by atoms with Crippen LogP contribution in [0.1, 0.15) is 20.7 Å². The van der Waals surface area contributed by atoms with Crippen LogP contribution in [0.2, 0.25) is 0 Å². The molecule has 4 atom stereocenters. The Bertz CT molecular complexity index is 1020. The predicted octanol–water partition coefficient (Wildman–Crippen LogP) is -0.577. The fourth-order valence-corrected chi connectivity index (χ4v) is 3.00. The number of benzene rings is 2. The molecule has 33 heavy (non-hydrogen) atoms. The summed E-state index contributed by atoms with van der Waals surface area (Å²) in [7, 11) is 0. The van der Waals surface area contributed by atoms with Gasteiger partial charge in [-0.3, -0.25) is 0 Å². The number of phenols is 6. The number of aromatic hydroxyl groups is 6. The summed E-state index contributed by atoms with van der Waals surface area (Å²) in [5.74, 6) is -6.86. The quantitative estimate of drug-likeness (QED) is 0.203. The van der Waals surface area contributed by atoms with Crippen molar-refractivity contribution in [2.75, 3.05) is 13.2 Å². The molecule has 2 aromatic rings. The van der Waals surface area contributed by atoms with Gasteiger partial charge < -0.3 is 55.1 Å². The monoisotopic (exact) mass is 468 g/mol. The third-order valence-electron chi connectivity index (χ3n) is 4.83. The molecule has 1 aliphatic heterocycles. The second-order valence-electron chi connectivity index (χ2n) is 7.12. The second kappa shape index (κ2) is 9.28. The molecule has 0 saturated carbocycles. The average molecular weight is 468 g/mol. The van der Waals surface area contributed by atoms with Gasteiger partial charge in [0.15, 0.2) is 40.6 Å². The molecule has 13 heteroatoms. The first-order valence-electron chi connectivity index (χ1n) is 9.35. The van der Waals surface area contributed by atoms with E-state index in [1.807, 2.05) is 0 Å². The third kappa shape index (κ3) is 4.95. The molecular formula is C20H20O13. The van der Waals surface area contributed by atoms with Crippen molar-refractivity contribution in [3.63, 3.8) is 0 Å². The Hall–Kier alpha value is -3.94.